The number of pyridine rings is 1. The van der Waals surface area contributed by atoms with E-state index in [1.807, 2.05) is 6.92 Å². The number of anilines is 1. The minimum Gasteiger partial charge on any atom is -0.490 e. The Balaban J connectivity index is 1.68. The molecule has 0 N–H and O–H groups in total. The Morgan fingerprint density at radius 2 is 1.87 bits per heavy atom. The van der Waals surface area contributed by atoms with Crippen LogP contribution in [0.1, 0.15) is 60.8 Å². The lowest BCUT2D eigenvalue weighted by molar-refractivity contribution is 0.0970. The molecule has 38 heavy (non-hydrogen) atoms. The highest BCUT2D eigenvalue weighted by molar-refractivity contribution is 6.30. The van der Waals surface area contributed by atoms with Gasteiger partial charge in [-0.25, -0.2) is 9.37 Å². The van der Waals surface area contributed by atoms with Crippen LogP contribution in [0.25, 0.3) is 11.0 Å². The van der Waals surface area contributed by atoms with Gasteiger partial charge < -0.3 is 13.9 Å². The van der Waals surface area contributed by atoms with Crippen molar-refractivity contribution in [1.82, 2.24) is 4.98 Å². The number of hydrogen-bond donors (Lipinski definition) is 0. The Morgan fingerprint density at radius 1 is 1.03 bits per heavy atom. The highest BCUT2D eigenvalue weighted by Crippen LogP contribution is 2.43. The van der Waals surface area contributed by atoms with Crippen LogP contribution in [0.2, 0.25) is 5.02 Å². The summed E-state index contributed by atoms with van der Waals surface area (Å²) in [5.74, 6) is 0.103. The molecular weight excluding hydrogens is 511 g/mol. The number of ether oxygens (including phenoxy) is 2. The number of nitrogens with zero attached hydrogens (tertiary/aromatic N) is 2. The van der Waals surface area contributed by atoms with E-state index in [-0.39, 0.29) is 28.1 Å². The summed E-state index contributed by atoms with van der Waals surface area (Å²) in [5, 5.41) is 0.446. The monoisotopic (exact) mass is 536 g/mol. The molecule has 0 saturated carbocycles. The van der Waals surface area contributed by atoms with E-state index < -0.39 is 23.2 Å². The van der Waals surface area contributed by atoms with Gasteiger partial charge in [-0.1, -0.05) is 37.4 Å². The van der Waals surface area contributed by atoms with Crippen molar-refractivity contribution < 1.29 is 23.1 Å². The molecule has 0 saturated heterocycles. The van der Waals surface area contributed by atoms with E-state index in [2.05, 4.69) is 11.9 Å². The number of fused-ring (bicyclic) bond motifs is 2. The van der Waals surface area contributed by atoms with Gasteiger partial charge in [-0.05, 0) is 61.4 Å². The quantitative estimate of drug-likeness (QED) is 0.221. The fourth-order valence-electron chi connectivity index (χ4n) is 4.62. The summed E-state index contributed by atoms with van der Waals surface area (Å²) in [6.07, 6.45) is 4.46. The highest BCUT2D eigenvalue weighted by Gasteiger charge is 2.44. The van der Waals surface area contributed by atoms with Crippen molar-refractivity contribution in [3.05, 3.63) is 92.7 Å². The number of benzene rings is 2. The first-order chi connectivity index (χ1) is 18.4. The second-order valence-electron chi connectivity index (χ2n) is 8.92. The molecule has 0 bridgehead atoms. The smallest absolute Gasteiger partial charge is 0.296 e. The largest absolute Gasteiger partial charge is 0.490 e. The molecule has 9 heteroatoms. The topological polar surface area (TPSA) is 81.9 Å². The van der Waals surface area contributed by atoms with Crippen molar-refractivity contribution in [1.29, 1.82) is 0 Å². The third kappa shape index (κ3) is 4.72. The molecule has 3 heterocycles. The van der Waals surface area contributed by atoms with Gasteiger partial charge in [0.05, 0.1) is 35.2 Å². The van der Waals surface area contributed by atoms with Gasteiger partial charge in [0, 0.05) is 6.20 Å². The molecule has 1 aliphatic heterocycles. The fourth-order valence-corrected chi connectivity index (χ4v) is 4.74. The molecule has 0 radical (unpaired) electrons. The minimum absolute atomic E-state index is 0.0494. The standard InChI is InChI=1S/C29H26ClFN2O5/c1-3-5-6-13-37-22-10-7-17(14-23(22)36-4-2)26-25-27(34)20-15-19(31)9-11-21(20)38-28(25)29(35)33(26)24-12-8-18(30)16-32-24/h7-12,14-16,26H,3-6,13H2,1-2H3. The van der Waals surface area contributed by atoms with Crippen LogP contribution in [0.3, 0.4) is 0 Å². The van der Waals surface area contributed by atoms with Gasteiger partial charge in [-0.3, -0.25) is 14.5 Å². The van der Waals surface area contributed by atoms with E-state index in [1.54, 1.807) is 30.3 Å². The molecule has 1 amide bonds. The lowest BCUT2D eigenvalue weighted by Crippen LogP contribution is -2.30. The molecule has 0 spiro atoms. The molecule has 7 nitrogen and oxygen atoms in total. The summed E-state index contributed by atoms with van der Waals surface area (Å²) in [5.41, 5.74) is 0.317. The summed E-state index contributed by atoms with van der Waals surface area (Å²) >= 11 is 6.04. The van der Waals surface area contributed by atoms with Gasteiger partial charge in [0.2, 0.25) is 5.76 Å². The van der Waals surface area contributed by atoms with Gasteiger partial charge >= 0.3 is 0 Å². The van der Waals surface area contributed by atoms with Crippen LogP contribution >= 0.6 is 11.6 Å². The maximum atomic E-state index is 14.1. The number of hydrogen-bond acceptors (Lipinski definition) is 6. The van der Waals surface area contributed by atoms with Crippen molar-refractivity contribution in [2.24, 2.45) is 0 Å². The van der Waals surface area contributed by atoms with E-state index in [0.717, 1.165) is 25.3 Å². The number of amides is 1. The van der Waals surface area contributed by atoms with Crippen molar-refractivity contribution in [3.63, 3.8) is 0 Å². The third-order valence-corrected chi connectivity index (χ3v) is 6.60. The maximum Gasteiger partial charge on any atom is 0.296 e. The molecule has 1 unspecified atom stereocenters. The molecular formula is C29H26ClFN2O5. The number of carbonyl (C=O) groups excluding carboxylic acids is 1. The number of aromatic nitrogens is 1. The predicted octanol–water partition coefficient (Wildman–Crippen LogP) is 6.70. The van der Waals surface area contributed by atoms with Crippen molar-refractivity contribution in [2.75, 3.05) is 18.1 Å². The first kappa shape index (κ1) is 25.7. The Labute approximate surface area is 223 Å². The highest BCUT2D eigenvalue weighted by atomic mass is 35.5. The zero-order valence-corrected chi connectivity index (χ0v) is 21.8. The summed E-state index contributed by atoms with van der Waals surface area (Å²) < 4.78 is 31.8. The van der Waals surface area contributed by atoms with Gasteiger partial charge in [-0.2, -0.15) is 0 Å². The van der Waals surface area contributed by atoms with Crippen LogP contribution in [0.15, 0.2) is 63.9 Å². The first-order valence-electron chi connectivity index (χ1n) is 12.5. The van der Waals surface area contributed by atoms with Crippen molar-refractivity contribution >= 4 is 34.3 Å². The van der Waals surface area contributed by atoms with Crippen molar-refractivity contribution in [2.45, 2.75) is 39.2 Å². The van der Waals surface area contributed by atoms with Crippen LogP contribution in [0.5, 0.6) is 11.5 Å². The Morgan fingerprint density at radius 3 is 2.61 bits per heavy atom. The second-order valence-corrected chi connectivity index (χ2v) is 9.36. The Bertz CT molecular complexity index is 1550. The van der Waals surface area contributed by atoms with Gasteiger partial charge in [0.1, 0.15) is 17.2 Å². The Kier molecular flexibility index (Phi) is 7.33. The van der Waals surface area contributed by atoms with Gasteiger partial charge in [0.25, 0.3) is 5.91 Å². The second kappa shape index (κ2) is 10.8. The molecule has 4 aromatic rings. The van der Waals surface area contributed by atoms with Gasteiger partial charge in [-0.15, -0.1) is 0 Å². The molecule has 196 valence electrons. The average Bonchev–Trinajstić information content (AvgIpc) is 3.20. The first-order valence-corrected chi connectivity index (χ1v) is 12.9. The number of halogens is 2. The fraction of sp³-hybridized carbons (Fsp3) is 0.276. The molecule has 0 fully saturated rings. The summed E-state index contributed by atoms with van der Waals surface area (Å²) in [4.78, 5) is 33.1. The van der Waals surface area contributed by atoms with Crippen LogP contribution < -0.4 is 19.8 Å². The maximum absolute atomic E-state index is 14.1. The van der Waals surface area contributed by atoms with E-state index in [4.69, 9.17) is 25.5 Å². The summed E-state index contributed by atoms with van der Waals surface area (Å²) in [6.45, 7) is 4.92. The SMILES string of the molecule is CCCCCOc1ccc(C2c3c(oc4ccc(F)cc4c3=O)C(=O)N2c2ccc(Cl)cn2)cc1OCC. The average molecular weight is 537 g/mol. The predicted molar refractivity (Wildman–Crippen MR) is 143 cm³/mol. The van der Waals surface area contributed by atoms with Crippen LogP contribution in [0.4, 0.5) is 10.2 Å². The zero-order chi connectivity index (χ0) is 26.8. The number of carbonyl (C=O) groups is 1. The van der Waals surface area contributed by atoms with Crippen molar-refractivity contribution in [3.8, 4) is 11.5 Å². The van der Waals surface area contributed by atoms with E-state index in [9.17, 15) is 14.0 Å². The lowest BCUT2D eigenvalue weighted by Gasteiger charge is -2.25. The van der Waals surface area contributed by atoms with Crippen LogP contribution in [-0.4, -0.2) is 24.1 Å². The summed E-state index contributed by atoms with van der Waals surface area (Å²) in [6, 6.07) is 11.2. The van der Waals surface area contributed by atoms with E-state index in [0.29, 0.717) is 35.3 Å². The molecule has 0 aliphatic carbocycles. The molecule has 2 aromatic carbocycles. The molecule has 1 atom stereocenters. The Hall–Kier alpha value is -3.91. The normalized spacial score (nSPS) is 14.7. The van der Waals surface area contributed by atoms with E-state index >= 15 is 0 Å². The van der Waals surface area contributed by atoms with Crippen LogP contribution in [-0.2, 0) is 0 Å². The summed E-state index contributed by atoms with van der Waals surface area (Å²) in [7, 11) is 0. The molecule has 1 aliphatic rings. The van der Waals surface area contributed by atoms with Gasteiger partial charge in [0.15, 0.2) is 16.9 Å². The number of rotatable bonds is 9. The molecule has 2 aromatic heterocycles. The third-order valence-electron chi connectivity index (χ3n) is 6.38. The lowest BCUT2D eigenvalue weighted by atomic mass is 9.98. The molecule has 5 rings (SSSR count). The zero-order valence-electron chi connectivity index (χ0n) is 21.0. The number of unbranched alkanes of at least 4 members (excludes halogenated alkanes) is 2. The van der Waals surface area contributed by atoms with Crippen LogP contribution in [0, 0.1) is 5.82 Å². The van der Waals surface area contributed by atoms with E-state index in [1.165, 1.54) is 23.2 Å². The minimum atomic E-state index is -0.900.